The second-order valence-electron chi connectivity index (χ2n) is 2.55. The highest BCUT2D eigenvalue weighted by atomic mass is 19.4. The van der Waals surface area contributed by atoms with Crippen LogP contribution in [0.5, 0.6) is 0 Å². The Bertz CT molecular complexity index is 303. The smallest absolute Gasteiger partial charge is 0.400 e. The lowest BCUT2D eigenvalue weighted by Crippen LogP contribution is -2.04. The summed E-state index contributed by atoms with van der Waals surface area (Å²) in [6.45, 7) is 1.83. The van der Waals surface area contributed by atoms with Crippen LogP contribution in [0.3, 0.4) is 0 Å². The SMILES string of the molecule is C#C.CCc1cccc(C(F)(F)F)c1.CO. The maximum atomic E-state index is 12.1. The van der Waals surface area contributed by atoms with Crippen LogP contribution in [0.4, 0.5) is 13.2 Å². The quantitative estimate of drug-likeness (QED) is 0.737. The first-order valence-electron chi connectivity index (χ1n) is 4.48. The molecule has 1 aromatic rings. The third kappa shape index (κ3) is 6.10. The van der Waals surface area contributed by atoms with E-state index in [9.17, 15) is 13.2 Å². The van der Waals surface area contributed by atoms with Gasteiger partial charge in [-0.3, -0.25) is 0 Å². The molecule has 0 unspecified atom stereocenters. The first kappa shape index (κ1) is 16.9. The van der Waals surface area contributed by atoms with E-state index in [1.165, 1.54) is 12.1 Å². The molecule has 1 nitrogen and oxygen atoms in total. The van der Waals surface area contributed by atoms with Crippen LogP contribution in [-0.4, -0.2) is 12.2 Å². The predicted octanol–water partition coefficient (Wildman–Crippen LogP) is 3.13. The van der Waals surface area contributed by atoms with Crippen molar-refractivity contribution in [2.75, 3.05) is 7.11 Å². The van der Waals surface area contributed by atoms with Crippen LogP contribution in [0.2, 0.25) is 0 Å². The van der Waals surface area contributed by atoms with Gasteiger partial charge in [0.05, 0.1) is 5.56 Å². The number of benzene rings is 1. The molecule has 16 heavy (non-hydrogen) atoms. The number of aliphatic hydroxyl groups excluding tert-OH is 1. The van der Waals surface area contributed by atoms with Gasteiger partial charge in [0, 0.05) is 7.11 Å². The molecule has 0 heterocycles. The third-order valence-electron chi connectivity index (χ3n) is 1.66. The molecule has 0 saturated heterocycles. The normalized spacial score (nSPS) is 9.25. The van der Waals surface area contributed by atoms with Gasteiger partial charge in [-0.25, -0.2) is 0 Å². The Morgan fingerprint density at radius 3 is 2.06 bits per heavy atom. The molecule has 4 heteroatoms. The van der Waals surface area contributed by atoms with Crippen LogP contribution in [0.15, 0.2) is 24.3 Å². The summed E-state index contributed by atoms with van der Waals surface area (Å²) in [5.74, 6) is 0. The molecule has 0 spiro atoms. The van der Waals surface area contributed by atoms with Crippen LogP contribution in [0, 0.1) is 12.8 Å². The summed E-state index contributed by atoms with van der Waals surface area (Å²) in [6.07, 6.45) is 4.41. The molecule has 0 aliphatic rings. The lowest BCUT2D eigenvalue weighted by molar-refractivity contribution is -0.137. The van der Waals surface area contributed by atoms with Gasteiger partial charge < -0.3 is 5.11 Å². The predicted molar refractivity (Wildman–Crippen MR) is 58.9 cm³/mol. The van der Waals surface area contributed by atoms with E-state index >= 15 is 0 Å². The fourth-order valence-corrected chi connectivity index (χ4v) is 0.968. The van der Waals surface area contributed by atoms with Crippen molar-refractivity contribution in [2.45, 2.75) is 19.5 Å². The summed E-state index contributed by atoms with van der Waals surface area (Å²) < 4.78 is 36.3. The number of aryl methyl sites for hydroxylation is 1. The Morgan fingerprint density at radius 1 is 1.19 bits per heavy atom. The number of aliphatic hydroxyl groups is 1. The fraction of sp³-hybridized carbons (Fsp3) is 0.333. The summed E-state index contributed by atoms with van der Waals surface area (Å²) >= 11 is 0. The van der Waals surface area contributed by atoms with Crippen LogP contribution in [0.1, 0.15) is 18.1 Å². The summed E-state index contributed by atoms with van der Waals surface area (Å²) in [5, 5.41) is 7.00. The fourth-order valence-electron chi connectivity index (χ4n) is 0.968. The van der Waals surface area contributed by atoms with E-state index in [1.54, 1.807) is 6.07 Å². The Kier molecular flexibility index (Phi) is 9.33. The van der Waals surface area contributed by atoms with E-state index in [0.29, 0.717) is 12.0 Å². The van der Waals surface area contributed by atoms with Crippen molar-refractivity contribution in [3.8, 4) is 12.8 Å². The molecule has 0 radical (unpaired) electrons. The van der Waals surface area contributed by atoms with Crippen LogP contribution >= 0.6 is 0 Å². The average molecular weight is 232 g/mol. The largest absolute Gasteiger partial charge is 0.416 e. The van der Waals surface area contributed by atoms with Crippen molar-refractivity contribution in [1.29, 1.82) is 0 Å². The second kappa shape index (κ2) is 8.81. The van der Waals surface area contributed by atoms with Crippen molar-refractivity contribution < 1.29 is 18.3 Å². The minimum atomic E-state index is -4.22. The maximum Gasteiger partial charge on any atom is 0.416 e. The molecule has 0 amide bonds. The van der Waals surface area contributed by atoms with Gasteiger partial charge in [0.25, 0.3) is 0 Å². The van der Waals surface area contributed by atoms with Crippen LogP contribution in [0.25, 0.3) is 0 Å². The van der Waals surface area contributed by atoms with E-state index in [0.717, 1.165) is 13.2 Å². The van der Waals surface area contributed by atoms with Gasteiger partial charge >= 0.3 is 6.18 Å². The third-order valence-corrected chi connectivity index (χ3v) is 1.66. The highest BCUT2D eigenvalue weighted by Gasteiger charge is 2.30. The molecule has 0 bridgehead atoms. The molecule has 0 saturated carbocycles. The van der Waals surface area contributed by atoms with E-state index in [2.05, 4.69) is 12.8 Å². The molecule has 1 aromatic carbocycles. The lowest BCUT2D eigenvalue weighted by atomic mass is 10.1. The highest BCUT2D eigenvalue weighted by molar-refractivity contribution is 5.25. The van der Waals surface area contributed by atoms with Crippen molar-refractivity contribution in [3.63, 3.8) is 0 Å². The molecule has 90 valence electrons. The Balaban J connectivity index is 0. The summed E-state index contributed by atoms with van der Waals surface area (Å²) in [7, 11) is 1.00. The van der Waals surface area contributed by atoms with Gasteiger partial charge in [-0.05, 0) is 18.1 Å². The van der Waals surface area contributed by atoms with Crippen molar-refractivity contribution in [2.24, 2.45) is 0 Å². The zero-order valence-electron chi connectivity index (χ0n) is 9.25. The van der Waals surface area contributed by atoms with E-state index in [4.69, 9.17) is 5.11 Å². The molecule has 1 rings (SSSR count). The maximum absolute atomic E-state index is 12.1. The van der Waals surface area contributed by atoms with Gasteiger partial charge in [0.2, 0.25) is 0 Å². The van der Waals surface area contributed by atoms with E-state index in [-0.39, 0.29) is 0 Å². The first-order valence-corrected chi connectivity index (χ1v) is 4.48. The van der Waals surface area contributed by atoms with E-state index < -0.39 is 11.7 Å². The first-order chi connectivity index (χ1) is 7.54. The summed E-state index contributed by atoms with van der Waals surface area (Å²) in [5.41, 5.74) is 0.145. The standard InChI is InChI=1S/C9H9F3.C2H2.CH4O/c1-2-7-4-3-5-8(6-7)9(10,11)12;2*1-2/h3-6H,2H2,1H3;1-2H;2H,1H3. The molecule has 0 atom stereocenters. The van der Waals surface area contributed by atoms with Gasteiger partial charge in [-0.1, -0.05) is 25.1 Å². The van der Waals surface area contributed by atoms with Crippen molar-refractivity contribution in [1.82, 2.24) is 0 Å². The van der Waals surface area contributed by atoms with Gasteiger partial charge in [0.15, 0.2) is 0 Å². The Labute approximate surface area is 93.9 Å². The van der Waals surface area contributed by atoms with Gasteiger partial charge in [0.1, 0.15) is 0 Å². The van der Waals surface area contributed by atoms with Crippen LogP contribution < -0.4 is 0 Å². The topological polar surface area (TPSA) is 20.2 Å². The molecule has 0 aliphatic carbocycles. The number of hydrogen-bond donors (Lipinski definition) is 1. The van der Waals surface area contributed by atoms with Crippen molar-refractivity contribution in [3.05, 3.63) is 35.4 Å². The molecule has 0 fully saturated rings. The zero-order valence-corrected chi connectivity index (χ0v) is 9.25. The molecular formula is C12H15F3O. The molecule has 1 N–H and O–H groups in total. The summed E-state index contributed by atoms with van der Waals surface area (Å²) in [4.78, 5) is 0. The number of rotatable bonds is 1. The average Bonchev–Trinajstić information content (AvgIpc) is 2.33. The van der Waals surface area contributed by atoms with Crippen molar-refractivity contribution >= 4 is 0 Å². The number of halogens is 3. The minimum Gasteiger partial charge on any atom is -0.400 e. The number of hydrogen-bond acceptors (Lipinski definition) is 1. The second-order valence-corrected chi connectivity index (χ2v) is 2.55. The minimum absolute atomic E-state index is 0.568. The highest BCUT2D eigenvalue weighted by Crippen LogP contribution is 2.29. The monoisotopic (exact) mass is 232 g/mol. The van der Waals surface area contributed by atoms with Gasteiger partial charge in [-0.15, -0.1) is 12.8 Å². The molecule has 0 aliphatic heterocycles. The van der Waals surface area contributed by atoms with Gasteiger partial charge in [-0.2, -0.15) is 13.2 Å². The Morgan fingerprint density at radius 2 is 1.69 bits per heavy atom. The number of alkyl halides is 3. The zero-order chi connectivity index (χ0) is 13.2. The molecular weight excluding hydrogens is 217 g/mol. The number of terminal acetylenes is 1. The Hall–Kier alpha value is -1.47. The molecule has 0 aromatic heterocycles. The summed E-state index contributed by atoms with van der Waals surface area (Å²) in [6, 6.07) is 5.38. The van der Waals surface area contributed by atoms with Crippen LogP contribution in [-0.2, 0) is 12.6 Å². The van der Waals surface area contributed by atoms with E-state index in [1.807, 2.05) is 6.92 Å². The lowest BCUT2D eigenvalue weighted by Gasteiger charge is -2.06.